The lowest BCUT2D eigenvalue weighted by Crippen LogP contribution is -2.69. The average Bonchev–Trinajstić information content (AvgIpc) is 2.93. The largest absolute Gasteiger partial charge is 0.376 e. The van der Waals surface area contributed by atoms with Gasteiger partial charge in [0.2, 0.25) is 5.65 Å². The van der Waals surface area contributed by atoms with E-state index >= 15 is 0 Å². The second-order valence-corrected chi connectivity index (χ2v) is 5.23. The number of fused-ring (bicyclic) bond motifs is 2. The van der Waals surface area contributed by atoms with E-state index in [1.165, 1.54) is 0 Å². The van der Waals surface area contributed by atoms with Crippen LogP contribution in [0.15, 0.2) is 18.7 Å². The molecular formula is C12H16N6O. The smallest absolute Gasteiger partial charge is 0.203 e. The van der Waals surface area contributed by atoms with Crippen molar-refractivity contribution in [2.24, 2.45) is 11.7 Å². The maximum Gasteiger partial charge on any atom is 0.203 e. The second kappa shape index (κ2) is 4.14. The van der Waals surface area contributed by atoms with Gasteiger partial charge in [-0.25, -0.2) is 4.98 Å². The van der Waals surface area contributed by atoms with Gasteiger partial charge in [0.05, 0.1) is 12.1 Å². The van der Waals surface area contributed by atoms with Crippen molar-refractivity contribution in [3.05, 3.63) is 18.7 Å². The van der Waals surface area contributed by atoms with E-state index in [-0.39, 0.29) is 18.2 Å². The maximum absolute atomic E-state index is 6.23. The monoisotopic (exact) mass is 260 g/mol. The van der Waals surface area contributed by atoms with E-state index in [4.69, 9.17) is 10.5 Å². The zero-order chi connectivity index (χ0) is 12.8. The van der Waals surface area contributed by atoms with Gasteiger partial charge in [-0.1, -0.05) is 0 Å². The summed E-state index contributed by atoms with van der Waals surface area (Å²) in [5, 5.41) is 11.3. The Bertz CT molecular complexity index is 599. The van der Waals surface area contributed by atoms with E-state index < -0.39 is 0 Å². The summed E-state index contributed by atoms with van der Waals surface area (Å²) in [6, 6.07) is 0.232. The molecule has 0 spiro atoms. The van der Waals surface area contributed by atoms with Crippen LogP contribution in [0.3, 0.4) is 0 Å². The average molecular weight is 260 g/mol. The predicted molar refractivity (Wildman–Crippen MR) is 68.6 cm³/mol. The molecule has 1 saturated heterocycles. The highest BCUT2D eigenvalue weighted by Gasteiger charge is 2.50. The maximum atomic E-state index is 6.23. The number of nitrogens with one attached hydrogen (secondary N) is 1. The molecule has 1 aliphatic carbocycles. The first kappa shape index (κ1) is 11.1. The van der Waals surface area contributed by atoms with Gasteiger partial charge in [-0.3, -0.25) is 4.40 Å². The lowest BCUT2D eigenvalue weighted by atomic mass is 9.68. The summed E-state index contributed by atoms with van der Waals surface area (Å²) in [4.78, 5) is 4.33. The predicted octanol–water partition coefficient (Wildman–Crippen LogP) is 0.0409. The molecule has 2 aromatic rings. The van der Waals surface area contributed by atoms with Gasteiger partial charge >= 0.3 is 0 Å². The highest BCUT2D eigenvalue weighted by atomic mass is 16.5. The van der Waals surface area contributed by atoms with Crippen LogP contribution in [0.2, 0.25) is 0 Å². The highest BCUT2D eigenvalue weighted by Crippen LogP contribution is 2.38. The molecule has 0 amide bonds. The zero-order valence-corrected chi connectivity index (χ0v) is 10.4. The molecule has 4 unspecified atom stereocenters. The number of aromatic nitrogens is 4. The molecule has 0 aromatic carbocycles. The van der Waals surface area contributed by atoms with Crippen LogP contribution in [0, 0.1) is 5.92 Å². The van der Waals surface area contributed by atoms with Crippen LogP contribution in [0.25, 0.3) is 5.65 Å². The van der Waals surface area contributed by atoms with Crippen LogP contribution in [0.4, 0.5) is 5.82 Å². The Kier molecular flexibility index (Phi) is 2.42. The normalized spacial score (nSPS) is 33.7. The molecule has 100 valence electrons. The summed E-state index contributed by atoms with van der Waals surface area (Å²) >= 11 is 0. The van der Waals surface area contributed by atoms with Crippen LogP contribution < -0.4 is 11.1 Å². The summed E-state index contributed by atoms with van der Waals surface area (Å²) in [6.45, 7) is 0.828. The molecule has 2 fully saturated rings. The van der Waals surface area contributed by atoms with Crippen LogP contribution in [-0.4, -0.2) is 44.4 Å². The lowest BCUT2D eigenvalue weighted by Gasteiger charge is -2.52. The van der Waals surface area contributed by atoms with Gasteiger partial charge in [-0.05, 0) is 12.8 Å². The van der Waals surface area contributed by atoms with Gasteiger partial charge in [0.15, 0.2) is 5.82 Å². The van der Waals surface area contributed by atoms with Crippen molar-refractivity contribution in [3.63, 3.8) is 0 Å². The molecule has 1 aliphatic heterocycles. The molecule has 4 rings (SSSR count). The Morgan fingerprint density at radius 1 is 1.47 bits per heavy atom. The first-order valence-electron chi connectivity index (χ1n) is 6.62. The second-order valence-electron chi connectivity index (χ2n) is 5.23. The van der Waals surface area contributed by atoms with Crippen molar-refractivity contribution in [1.82, 2.24) is 19.6 Å². The fourth-order valence-corrected chi connectivity index (χ4v) is 3.14. The van der Waals surface area contributed by atoms with Gasteiger partial charge in [0, 0.05) is 31.0 Å². The molecule has 3 N–H and O–H groups in total. The van der Waals surface area contributed by atoms with Gasteiger partial charge in [0.1, 0.15) is 6.33 Å². The van der Waals surface area contributed by atoms with E-state index in [9.17, 15) is 0 Å². The summed E-state index contributed by atoms with van der Waals surface area (Å²) < 4.78 is 7.64. The van der Waals surface area contributed by atoms with Crippen molar-refractivity contribution >= 4 is 11.5 Å². The van der Waals surface area contributed by atoms with Crippen molar-refractivity contribution < 1.29 is 4.74 Å². The van der Waals surface area contributed by atoms with Gasteiger partial charge in [0.25, 0.3) is 0 Å². The fourth-order valence-electron chi connectivity index (χ4n) is 3.14. The number of anilines is 1. The van der Waals surface area contributed by atoms with Crippen molar-refractivity contribution in [1.29, 1.82) is 0 Å². The highest BCUT2D eigenvalue weighted by molar-refractivity contribution is 5.62. The van der Waals surface area contributed by atoms with Gasteiger partial charge in [-0.15, -0.1) is 10.2 Å². The molecular weight excluding hydrogens is 244 g/mol. The van der Waals surface area contributed by atoms with Crippen LogP contribution in [-0.2, 0) is 4.74 Å². The summed E-state index contributed by atoms with van der Waals surface area (Å²) in [5.41, 5.74) is 6.95. The number of nitrogens with zero attached hydrogens (tertiary/aromatic N) is 4. The molecule has 3 heterocycles. The summed E-state index contributed by atoms with van der Waals surface area (Å²) in [7, 11) is 0. The Morgan fingerprint density at radius 2 is 2.42 bits per heavy atom. The van der Waals surface area contributed by atoms with Gasteiger partial charge in [-0.2, -0.15) is 0 Å². The fraction of sp³-hybridized carbons (Fsp3) is 0.583. The zero-order valence-electron chi connectivity index (χ0n) is 10.4. The Hall–Kier alpha value is -1.73. The third-order valence-electron chi connectivity index (χ3n) is 4.20. The van der Waals surface area contributed by atoms with Crippen molar-refractivity contribution in [2.75, 3.05) is 11.9 Å². The molecule has 0 radical (unpaired) electrons. The molecule has 7 heteroatoms. The number of hydrogen-bond acceptors (Lipinski definition) is 6. The molecule has 2 aromatic heterocycles. The van der Waals surface area contributed by atoms with E-state index in [1.807, 2.05) is 10.6 Å². The van der Waals surface area contributed by atoms with Crippen LogP contribution >= 0.6 is 0 Å². The lowest BCUT2D eigenvalue weighted by molar-refractivity contribution is -0.104. The van der Waals surface area contributed by atoms with E-state index in [0.29, 0.717) is 17.4 Å². The number of hydrogen-bond donors (Lipinski definition) is 2. The molecule has 7 nitrogen and oxygen atoms in total. The Labute approximate surface area is 110 Å². The molecule has 4 atom stereocenters. The topological polar surface area (TPSA) is 90.4 Å². The molecule has 1 saturated carbocycles. The standard InChI is InChI=1S/C12H16N6O/c13-8-7-2-1-5-19-10(7)9(8)16-11-12-17-15-6-18(12)4-3-14-11/h3-4,6-10H,1-2,5,13H2,(H,14,16). The minimum Gasteiger partial charge on any atom is -0.376 e. The minimum atomic E-state index is 0.112. The first-order chi connectivity index (χ1) is 9.34. The van der Waals surface area contributed by atoms with Gasteiger partial charge < -0.3 is 15.8 Å². The summed E-state index contributed by atoms with van der Waals surface area (Å²) in [6.07, 6.45) is 7.67. The molecule has 0 bridgehead atoms. The molecule has 19 heavy (non-hydrogen) atoms. The SMILES string of the molecule is NC1C2CCCOC2C1Nc1nccn2cnnc12. The van der Waals surface area contributed by atoms with E-state index in [2.05, 4.69) is 20.5 Å². The van der Waals surface area contributed by atoms with Crippen LogP contribution in [0.1, 0.15) is 12.8 Å². The minimum absolute atomic E-state index is 0.112. The number of rotatable bonds is 2. The first-order valence-corrected chi connectivity index (χ1v) is 6.62. The number of nitrogens with two attached hydrogens (primary N) is 1. The number of ether oxygens (including phenoxy) is 1. The quantitative estimate of drug-likeness (QED) is 0.792. The summed E-state index contributed by atoms with van der Waals surface area (Å²) in [5.74, 6) is 1.19. The third-order valence-corrected chi connectivity index (χ3v) is 4.20. The third kappa shape index (κ3) is 1.62. The Morgan fingerprint density at radius 3 is 3.37 bits per heavy atom. The van der Waals surface area contributed by atoms with Crippen molar-refractivity contribution in [2.45, 2.75) is 31.0 Å². The Balaban J connectivity index is 1.60. The van der Waals surface area contributed by atoms with Crippen molar-refractivity contribution in [3.8, 4) is 0 Å². The molecule has 2 aliphatic rings. The van der Waals surface area contributed by atoms with E-state index in [1.54, 1.807) is 12.5 Å². The van der Waals surface area contributed by atoms with Crippen LogP contribution in [0.5, 0.6) is 0 Å². The van der Waals surface area contributed by atoms with E-state index in [0.717, 1.165) is 19.4 Å².